The van der Waals surface area contributed by atoms with Crippen LogP contribution in [0.3, 0.4) is 0 Å². The minimum atomic E-state index is -1.02. The number of benzene rings is 2. The van der Waals surface area contributed by atoms with Crippen LogP contribution in [0.4, 0.5) is 10.5 Å². The number of nitrogens with two attached hydrogens (primary N) is 1. The summed E-state index contributed by atoms with van der Waals surface area (Å²) in [5.74, 6) is -0.797. The molecule has 39 heavy (non-hydrogen) atoms. The summed E-state index contributed by atoms with van der Waals surface area (Å²) in [6.07, 6.45) is 0.767. The summed E-state index contributed by atoms with van der Waals surface area (Å²) in [7, 11) is 0. The summed E-state index contributed by atoms with van der Waals surface area (Å²) in [5.41, 5.74) is 7.28. The molecule has 2 aromatic rings. The third kappa shape index (κ3) is 10.6. The van der Waals surface area contributed by atoms with E-state index in [1.165, 1.54) is 0 Å². The zero-order valence-electron chi connectivity index (χ0n) is 23.4. The summed E-state index contributed by atoms with van der Waals surface area (Å²) in [6.45, 7) is 10.9. The van der Waals surface area contributed by atoms with Gasteiger partial charge in [-0.2, -0.15) is 0 Å². The van der Waals surface area contributed by atoms with E-state index in [1.807, 2.05) is 56.3 Å². The molecule has 1 unspecified atom stereocenters. The molecule has 2 rings (SSSR count). The van der Waals surface area contributed by atoms with Gasteiger partial charge in [0.05, 0.1) is 12.5 Å². The predicted molar refractivity (Wildman–Crippen MR) is 152 cm³/mol. The molecule has 0 fully saturated rings. The highest BCUT2D eigenvalue weighted by atomic mass is 16.5. The number of carbonyl (C=O) groups is 4. The van der Waals surface area contributed by atoms with Crippen LogP contribution in [-0.4, -0.2) is 53.8 Å². The van der Waals surface area contributed by atoms with Crippen molar-refractivity contribution < 1.29 is 23.9 Å². The van der Waals surface area contributed by atoms with Gasteiger partial charge in [0.15, 0.2) is 0 Å². The third-order valence-corrected chi connectivity index (χ3v) is 5.50. The molecule has 0 aliphatic carbocycles. The van der Waals surface area contributed by atoms with E-state index in [2.05, 4.69) is 26.5 Å². The van der Waals surface area contributed by atoms with E-state index in [9.17, 15) is 19.2 Å². The number of nitrogens with zero attached hydrogens (tertiary/aromatic N) is 1. The Balaban J connectivity index is 2.12. The Morgan fingerprint density at radius 3 is 2.28 bits per heavy atom. The van der Waals surface area contributed by atoms with Crippen LogP contribution in [0, 0.1) is 5.92 Å². The molecule has 4 amide bonds. The molecule has 0 aliphatic heterocycles. The van der Waals surface area contributed by atoms with Crippen molar-refractivity contribution in [3.05, 3.63) is 42.5 Å². The van der Waals surface area contributed by atoms with Gasteiger partial charge in [0, 0.05) is 11.1 Å². The number of hydrazone groups is 1. The lowest BCUT2D eigenvalue weighted by Crippen LogP contribution is -2.53. The van der Waals surface area contributed by atoms with E-state index < -0.39 is 35.7 Å². The first-order chi connectivity index (χ1) is 18.3. The van der Waals surface area contributed by atoms with Crippen molar-refractivity contribution >= 4 is 46.5 Å². The van der Waals surface area contributed by atoms with Gasteiger partial charge in [0.1, 0.15) is 24.0 Å². The Morgan fingerprint density at radius 2 is 1.67 bits per heavy atom. The maximum atomic E-state index is 13.2. The molecule has 3 atom stereocenters. The van der Waals surface area contributed by atoms with Crippen molar-refractivity contribution in [3.63, 3.8) is 0 Å². The molecule has 0 aliphatic rings. The number of carbonyl (C=O) groups excluding carboxylic acids is 4. The maximum absolute atomic E-state index is 13.2. The molecule has 0 spiro atoms. The fourth-order valence-corrected chi connectivity index (χ4v) is 3.84. The lowest BCUT2D eigenvalue weighted by Gasteiger charge is -2.26. The van der Waals surface area contributed by atoms with Crippen LogP contribution in [0.15, 0.2) is 47.6 Å². The predicted octanol–water partition coefficient (Wildman–Crippen LogP) is 3.04. The minimum absolute atomic E-state index is 0.0102. The standard InChI is InChI=1S/C28H40N6O5/c1-17(2)14-23(26(37)31-20(16-35)15-24(33-34-27(29)38)39-28(4,5)6)32-25(36)18(3)30-22-13-9-11-19-10-7-8-12-21(19)22/h7-13,16-18,20,23,30H,14-15H2,1-6H3,(H,31,37)(H,32,36)(H3,29,34,38)/t18?,20-,23-/m0/s1. The van der Waals surface area contributed by atoms with Gasteiger partial charge in [-0.3, -0.25) is 9.59 Å². The lowest BCUT2D eigenvalue weighted by atomic mass is 10.0. The summed E-state index contributed by atoms with van der Waals surface area (Å²) < 4.78 is 5.70. The second kappa shape index (κ2) is 14.1. The zero-order chi connectivity index (χ0) is 29.2. The second-order valence-electron chi connectivity index (χ2n) is 10.7. The van der Waals surface area contributed by atoms with E-state index in [4.69, 9.17) is 10.5 Å². The van der Waals surface area contributed by atoms with Crippen LogP contribution in [0.2, 0.25) is 0 Å². The summed E-state index contributed by atoms with van der Waals surface area (Å²) in [6, 6.07) is 10.2. The quantitative estimate of drug-likeness (QED) is 0.120. The van der Waals surface area contributed by atoms with Gasteiger partial charge in [0.25, 0.3) is 0 Å². The van der Waals surface area contributed by atoms with Gasteiger partial charge < -0.3 is 31.2 Å². The van der Waals surface area contributed by atoms with Gasteiger partial charge in [-0.25, -0.2) is 10.2 Å². The zero-order valence-corrected chi connectivity index (χ0v) is 23.4. The number of urea groups is 1. The van der Waals surface area contributed by atoms with Gasteiger partial charge in [-0.05, 0) is 51.5 Å². The number of ether oxygens (including phenoxy) is 1. The van der Waals surface area contributed by atoms with Crippen LogP contribution in [0.5, 0.6) is 0 Å². The van der Waals surface area contributed by atoms with Crippen LogP contribution in [-0.2, 0) is 19.1 Å². The first-order valence-corrected chi connectivity index (χ1v) is 12.9. The van der Waals surface area contributed by atoms with E-state index in [0.29, 0.717) is 12.7 Å². The van der Waals surface area contributed by atoms with E-state index >= 15 is 0 Å². The van der Waals surface area contributed by atoms with Crippen molar-refractivity contribution in [2.24, 2.45) is 16.8 Å². The number of hydrogen-bond acceptors (Lipinski definition) is 7. The molecule has 2 aromatic carbocycles. The summed E-state index contributed by atoms with van der Waals surface area (Å²) in [4.78, 5) is 49.2. The van der Waals surface area contributed by atoms with Crippen molar-refractivity contribution in [2.75, 3.05) is 5.32 Å². The third-order valence-electron chi connectivity index (χ3n) is 5.50. The van der Waals surface area contributed by atoms with E-state index in [0.717, 1.165) is 16.5 Å². The van der Waals surface area contributed by atoms with Crippen molar-refractivity contribution in [3.8, 4) is 0 Å². The van der Waals surface area contributed by atoms with Gasteiger partial charge >= 0.3 is 6.03 Å². The molecular weight excluding hydrogens is 500 g/mol. The number of fused-ring (bicyclic) bond motifs is 1. The Bertz CT molecular complexity index is 1190. The lowest BCUT2D eigenvalue weighted by molar-refractivity contribution is -0.130. The number of anilines is 1. The molecule has 0 bridgehead atoms. The number of primary amides is 1. The number of nitrogens with one attached hydrogen (secondary N) is 4. The smallest absolute Gasteiger partial charge is 0.332 e. The topological polar surface area (TPSA) is 164 Å². The fourth-order valence-electron chi connectivity index (χ4n) is 3.84. The first-order valence-electron chi connectivity index (χ1n) is 12.9. The number of hydrogen-bond donors (Lipinski definition) is 5. The highest BCUT2D eigenvalue weighted by Gasteiger charge is 2.28. The van der Waals surface area contributed by atoms with E-state index in [1.54, 1.807) is 27.7 Å². The minimum Gasteiger partial charge on any atom is -0.474 e. The van der Waals surface area contributed by atoms with E-state index in [-0.39, 0.29) is 24.1 Å². The molecule has 11 nitrogen and oxygen atoms in total. The molecule has 11 heteroatoms. The monoisotopic (exact) mass is 540 g/mol. The Hall–Kier alpha value is -4.15. The summed E-state index contributed by atoms with van der Waals surface area (Å²) in [5, 5.41) is 14.5. The first kappa shape index (κ1) is 31.1. The number of rotatable bonds is 12. The number of amides is 4. The molecule has 0 saturated heterocycles. The molecule has 0 radical (unpaired) electrons. The highest BCUT2D eigenvalue weighted by Crippen LogP contribution is 2.23. The Morgan fingerprint density at radius 1 is 1.00 bits per heavy atom. The molecule has 212 valence electrons. The molecule has 6 N–H and O–H groups in total. The van der Waals surface area contributed by atoms with Crippen molar-refractivity contribution in [2.45, 2.75) is 78.1 Å². The largest absolute Gasteiger partial charge is 0.474 e. The fraction of sp³-hybridized carbons (Fsp3) is 0.464. The van der Waals surface area contributed by atoms with Crippen LogP contribution >= 0.6 is 0 Å². The molecular formula is C28H40N6O5. The Labute approximate surface area is 229 Å². The molecule has 0 saturated carbocycles. The second-order valence-corrected chi connectivity index (χ2v) is 10.7. The van der Waals surface area contributed by atoms with Crippen LogP contribution in [0.1, 0.15) is 54.4 Å². The van der Waals surface area contributed by atoms with Crippen molar-refractivity contribution in [1.29, 1.82) is 0 Å². The van der Waals surface area contributed by atoms with Gasteiger partial charge in [-0.1, -0.05) is 50.2 Å². The molecule has 0 aromatic heterocycles. The van der Waals surface area contributed by atoms with Crippen LogP contribution in [0.25, 0.3) is 10.8 Å². The highest BCUT2D eigenvalue weighted by molar-refractivity contribution is 5.97. The van der Waals surface area contributed by atoms with Gasteiger partial charge in [-0.15, -0.1) is 5.10 Å². The SMILES string of the molecule is CC(C)C[C@H](NC(=O)C(C)Nc1cccc2ccccc12)C(=O)N[C@H](C=O)CC(=NNC(N)=O)OC(C)(C)C. The Kier molecular flexibility index (Phi) is 11.3. The van der Waals surface area contributed by atoms with Crippen LogP contribution < -0.4 is 27.1 Å². The molecule has 0 heterocycles. The number of aldehydes is 1. The van der Waals surface area contributed by atoms with Crippen molar-refractivity contribution in [1.82, 2.24) is 16.1 Å². The average Bonchev–Trinajstić information content (AvgIpc) is 2.85. The summed E-state index contributed by atoms with van der Waals surface area (Å²) >= 11 is 0. The maximum Gasteiger partial charge on any atom is 0.332 e. The average molecular weight is 541 g/mol. The normalized spacial score (nSPS) is 14.2. The van der Waals surface area contributed by atoms with Gasteiger partial charge in [0.2, 0.25) is 17.7 Å².